The highest BCUT2D eigenvalue weighted by atomic mass is 19.4. The van der Waals surface area contributed by atoms with Gasteiger partial charge in [0.25, 0.3) is 11.1 Å². The number of fused-ring (bicyclic) bond motifs is 1. The largest absolute Gasteiger partial charge is 0.485 e. The summed E-state index contributed by atoms with van der Waals surface area (Å²) in [6.07, 6.45) is -1.85. The number of rotatable bonds is 11. The van der Waals surface area contributed by atoms with Crippen molar-refractivity contribution in [3.63, 3.8) is 0 Å². The molecule has 3 heterocycles. The highest BCUT2D eigenvalue weighted by Gasteiger charge is 2.39. The lowest BCUT2D eigenvalue weighted by atomic mass is 10.0. The summed E-state index contributed by atoms with van der Waals surface area (Å²) in [5.74, 6) is -1.70. The van der Waals surface area contributed by atoms with Crippen molar-refractivity contribution in [3.05, 3.63) is 80.6 Å². The maximum absolute atomic E-state index is 15.0. The predicted molar refractivity (Wildman–Crippen MR) is 151 cm³/mol. The monoisotopic (exact) mass is 643 g/mol. The van der Waals surface area contributed by atoms with E-state index < -0.39 is 59.3 Å². The van der Waals surface area contributed by atoms with Gasteiger partial charge in [0.15, 0.2) is 17.1 Å². The van der Waals surface area contributed by atoms with Gasteiger partial charge in [-0.2, -0.15) is 27.1 Å². The normalized spacial score (nSPS) is 12.6. The van der Waals surface area contributed by atoms with Crippen molar-refractivity contribution in [3.8, 4) is 17.1 Å². The van der Waals surface area contributed by atoms with E-state index in [0.29, 0.717) is 17.1 Å². The van der Waals surface area contributed by atoms with Crippen molar-refractivity contribution < 1.29 is 40.9 Å². The van der Waals surface area contributed by atoms with Crippen LogP contribution in [0.15, 0.2) is 52.6 Å². The van der Waals surface area contributed by atoms with Crippen LogP contribution in [-0.2, 0) is 23.1 Å². The van der Waals surface area contributed by atoms with E-state index in [1.165, 1.54) is 35.3 Å². The van der Waals surface area contributed by atoms with Gasteiger partial charge >= 0.3 is 12.8 Å². The summed E-state index contributed by atoms with van der Waals surface area (Å²) in [7, 11) is 0. The van der Waals surface area contributed by atoms with Gasteiger partial charge in [0, 0.05) is 30.7 Å². The van der Waals surface area contributed by atoms with E-state index in [9.17, 15) is 36.6 Å². The third-order valence-electron chi connectivity index (χ3n) is 6.40. The number of aryl methyl sites for hydroxylation is 1. The maximum Gasteiger partial charge on any atom is 0.425 e. The molecular formula is C29H31F6N5O5. The number of hydrogen-bond donors (Lipinski definition) is 2. The molecule has 4 aromatic rings. The second kappa shape index (κ2) is 14.6. The number of benzene rings is 1. The number of alkyl halides is 5. The Kier molecular flexibility index (Phi) is 11.4. The van der Waals surface area contributed by atoms with Gasteiger partial charge in [-0.25, -0.2) is 19.5 Å². The van der Waals surface area contributed by atoms with Crippen LogP contribution in [0.1, 0.15) is 51.7 Å². The topological polar surface area (TPSA) is 132 Å². The summed E-state index contributed by atoms with van der Waals surface area (Å²) in [5, 5.41) is 15.4. The molecule has 0 aliphatic carbocycles. The number of ether oxygens (including phenoxy) is 2. The molecule has 0 radical (unpaired) electrons. The number of aliphatic hydroxyl groups is 1. The number of aromatic nitrogens is 5. The number of nitrogens with zero attached hydrogens (tertiary/aromatic N) is 4. The van der Waals surface area contributed by atoms with Gasteiger partial charge in [-0.15, -0.1) is 0 Å². The Morgan fingerprint density at radius 2 is 1.73 bits per heavy atom. The average molecular weight is 644 g/mol. The predicted octanol–water partition coefficient (Wildman–Crippen LogP) is 5.42. The first kappa shape index (κ1) is 35.2. The minimum absolute atomic E-state index is 0.0232. The first-order valence-corrected chi connectivity index (χ1v) is 13.7. The molecule has 0 spiro atoms. The molecule has 0 aliphatic rings. The molecule has 0 fully saturated rings. The number of hydrogen-bond acceptors (Lipinski definition) is 8. The molecule has 45 heavy (non-hydrogen) atoms. The van der Waals surface area contributed by atoms with Crippen LogP contribution in [0, 0.1) is 5.82 Å². The van der Waals surface area contributed by atoms with Gasteiger partial charge in [0.2, 0.25) is 0 Å². The molecule has 16 heteroatoms. The van der Waals surface area contributed by atoms with Crippen LogP contribution >= 0.6 is 0 Å². The van der Waals surface area contributed by atoms with Crippen LogP contribution < -0.4 is 15.9 Å². The third-order valence-corrected chi connectivity index (χ3v) is 6.40. The average Bonchev–Trinajstić information content (AvgIpc) is 2.97. The van der Waals surface area contributed by atoms with Crippen LogP contribution in [0.3, 0.4) is 0 Å². The van der Waals surface area contributed by atoms with Crippen molar-refractivity contribution in [1.29, 1.82) is 0 Å². The molecule has 1 aromatic carbocycles. The zero-order chi connectivity index (χ0) is 33.5. The van der Waals surface area contributed by atoms with E-state index in [2.05, 4.69) is 19.8 Å². The zero-order valence-corrected chi connectivity index (χ0v) is 24.7. The molecule has 4 rings (SSSR count). The van der Waals surface area contributed by atoms with E-state index >= 15 is 4.39 Å². The Hall–Kier alpha value is -4.31. The second-order valence-corrected chi connectivity index (χ2v) is 10.0. The molecule has 1 unspecified atom stereocenters. The van der Waals surface area contributed by atoms with Crippen molar-refractivity contribution in [2.45, 2.75) is 71.6 Å². The molecule has 0 saturated heterocycles. The Balaban J connectivity index is 0.00000271. The summed E-state index contributed by atoms with van der Waals surface area (Å²) in [6, 6.07) is 3.96. The second-order valence-electron chi connectivity index (χ2n) is 10.0. The fraction of sp³-hybridized carbons (Fsp3) is 0.414. The number of aromatic amines is 1. The van der Waals surface area contributed by atoms with Crippen LogP contribution in [-0.4, -0.2) is 49.2 Å². The fourth-order valence-electron chi connectivity index (χ4n) is 4.20. The Morgan fingerprint density at radius 1 is 1.07 bits per heavy atom. The molecule has 2 N–H and O–H groups in total. The summed E-state index contributed by atoms with van der Waals surface area (Å²) in [5.41, 5.74) is -4.59. The van der Waals surface area contributed by atoms with E-state index in [1.807, 2.05) is 13.8 Å². The summed E-state index contributed by atoms with van der Waals surface area (Å²) in [6.45, 7) is 3.00. The van der Waals surface area contributed by atoms with E-state index in [4.69, 9.17) is 4.74 Å². The first-order valence-electron chi connectivity index (χ1n) is 13.7. The number of pyridine rings is 1. The molecule has 0 amide bonds. The lowest BCUT2D eigenvalue weighted by molar-refractivity contribution is -0.150. The van der Waals surface area contributed by atoms with Crippen molar-refractivity contribution in [2.75, 3.05) is 6.61 Å². The molecular weight excluding hydrogens is 612 g/mol. The van der Waals surface area contributed by atoms with Crippen molar-refractivity contribution in [1.82, 2.24) is 24.7 Å². The first-order chi connectivity index (χ1) is 21.1. The van der Waals surface area contributed by atoms with Crippen LogP contribution in [0.5, 0.6) is 5.75 Å². The Bertz CT molecular complexity index is 1700. The highest BCUT2D eigenvalue weighted by Crippen LogP contribution is 2.33. The van der Waals surface area contributed by atoms with Crippen LogP contribution in [0.25, 0.3) is 22.2 Å². The van der Waals surface area contributed by atoms with E-state index in [0.717, 1.165) is 6.07 Å². The Morgan fingerprint density at radius 3 is 2.33 bits per heavy atom. The molecule has 244 valence electrons. The summed E-state index contributed by atoms with van der Waals surface area (Å²) >= 11 is 0. The van der Waals surface area contributed by atoms with Gasteiger partial charge in [-0.05, 0) is 50.3 Å². The number of halogens is 6. The minimum atomic E-state index is -5.11. The minimum Gasteiger partial charge on any atom is -0.485 e. The quantitative estimate of drug-likeness (QED) is 0.207. The molecule has 3 aromatic heterocycles. The fourth-order valence-corrected chi connectivity index (χ4v) is 4.20. The third kappa shape index (κ3) is 8.88. The molecule has 0 aliphatic heterocycles. The van der Waals surface area contributed by atoms with Gasteiger partial charge in [0.1, 0.15) is 11.9 Å². The maximum atomic E-state index is 15.0. The molecule has 0 bridgehead atoms. The van der Waals surface area contributed by atoms with Gasteiger partial charge in [0.05, 0.1) is 29.4 Å². The molecule has 1 atom stereocenters. The molecule has 0 saturated carbocycles. The number of H-pyrrole nitrogens is 1. The van der Waals surface area contributed by atoms with Crippen molar-refractivity contribution in [2.24, 2.45) is 0 Å². The zero-order valence-electron chi connectivity index (χ0n) is 24.7. The summed E-state index contributed by atoms with van der Waals surface area (Å²) < 4.78 is 91.1. The SMILES string of the molecule is CC.CC(C)(O)c1cnc(-c2cc3ccn(CCCC(COC(F)F)Oc4cn[nH]c(=O)c4C(F)(F)F)c(=O)c3cc2F)nc1. The summed E-state index contributed by atoms with van der Waals surface area (Å²) in [4.78, 5) is 33.0. The van der Waals surface area contributed by atoms with Crippen molar-refractivity contribution >= 4 is 10.8 Å². The van der Waals surface area contributed by atoms with Crippen LogP contribution in [0.2, 0.25) is 0 Å². The smallest absolute Gasteiger partial charge is 0.425 e. The van der Waals surface area contributed by atoms with Crippen LogP contribution in [0.4, 0.5) is 26.3 Å². The lowest BCUT2D eigenvalue weighted by Crippen LogP contribution is -2.30. The Labute approximate surface area is 252 Å². The van der Waals surface area contributed by atoms with E-state index in [-0.39, 0.29) is 36.2 Å². The highest BCUT2D eigenvalue weighted by molar-refractivity contribution is 5.85. The lowest BCUT2D eigenvalue weighted by Gasteiger charge is -2.21. The van der Waals surface area contributed by atoms with Gasteiger partial charge in [-0.3, -0.25) is 9.59 Å². The van der Waals surface area contributed by atoms with Gasteiger partial charge in [-0.1, -0.05) is 13.8 Å². The molecule has 10 nitrogen and oxygen atoms in total. The number of nitrogens with one attached hydrogen (secondary N) is 1. The van der Waals surface area contributed by atoms with E-state index in [1.54, 1.807) is 18.9 Å². The van der Waals surface area contributed by atoms with Gasteiger partial charge < -0.3 is 19.1 Å². The standard InChI is InChI=1S/C27H25F6N5O5.C2H6/c1-26(2,41)15-10-34-22(35-11-15)18-8-14-5-7-38(24(40)17(14)9-19(18)28)6-3-4-16(13-42-25(29)30)43-20-12-36-37-23(39)21(20)27(31,32)33;1-2/h5,7-12,16,25,41H,3-4,6,13H2,1-2H3,(H,37,39);1-2H3.